The Morgan fingerprint density at radius 3 is 1.97 bits per heavy atom. The fourth-order valence-corrected chi connectivity index (χ4v) is 5.53. The van der Waals surface area contributed by atoms with Crippen LogP contribution in [0.15, 0.2) is 36.5 Å². The van der Waals surface area contributed by atoms with Gasteiger partial charge in [-0.3, -0.25) is 0 Å². The number of nitrogens with zero attached hydrogens (tertiary/aromatic N) is 3. The molecule has 0 spiro atoms. The summed E-state index contributed by atoms with van der Waals surface area (Å²) in [7, 11) is -4.31. The van der Waals surface area contributed by atoms with Gasteiger partial charge in [-0.05, 0) is 60.4 Å². The number of hydrogen-bond acceptors (Lipinski definition) is 4. The quantitative estimate of drug-likeness (QED) is 0.259. The molecule has 0 aliphatic carbocycles. The third-order valence-corrected chi connectivity index (χ3v) is 16.7. The maximum absolute atomic E-state index is 14.3. The molecule has 3 rings (SSSR count). The molecular weight excluding hydrogens is 517 g/mol. The fraction of sp³-hybridized carbons (Fsp3) is 0.517. The second kappa shape index (κ2) is 10.6. The van der Waals surface area contributed by atoms with E-state index >= 15 is 0 Å². The molecule has 5 nitrogen and oxygen atoms in total. The molecule has 0 amide bonds. The van der Waals surface area contributed by atoms with Crippen molar-refractivity contribution < 1.29 is 17.6 Å². The Morgan fingerprint density at radius 1 is 0.842 bits per heavy atom. The van der Waals surface area contributed by atoms with Gasteiger partial charge in [-0.15, -0.1) is 5.10 Å². The Balaban J connectivity index is 2.11. The number of halogens is 2. The molecule has 0 aliphatic rings. The molecule has 0 atom stereocenters. The highest BCUT2D eigenvalue weighted by Gasteiger charge is 2.41. The zero-order chi connectivity index (χ0) is 28.7. The molecule has 1 aromatic heterocycles. The van der Waals surface area contributed by atoms with E-state index in [9.17, 15) is 8.78 Å². The Morgan fingerprint density at radius 2 is 1.42 bits per heavy atom. The smallest absolute Gasteiger partial charge is 0.250 e. The summed E-state index contributed by atoms with van der Waals surface area (Å²) in [4.78, 5) is 0. The Hall–Kier alpha value is -2.53. The first-order valence-corrected chi connectivity index (χ1v) is 19.1. The second-order valence-corrected chi connectivity index (χ2v) is 22.5. The monoisotopic (exact) mass is 559 g/mol. The lowest BCUT2D eigenvalue weighted by Crippen LogP contribution is -2.44. The predicted molar refractivity (Wildman–Crippen MR) is 156 cm³/mol. The first-order valence-electron chi connectivity index (χ1n) is 13.2. The molecule has 0 fully saturated rings. The highest BCUT2D eigenvalue weighted by molar-refractivity contribution is 6.75. The number of hydrogen-bond donors (Lipinski definition) is 0. The van der Waals surface area contributed by atoms with E-state index in [4.69, 9.17) is 8.85 Å². The zero-order valence-corrected chi connectivity index (χ0v) is 26.8. The summed E-state index contributed by atoms with van der Waals surface area (Å²) in [6, 6.07) is 8.26. The van der Waals surface area contributed by atoms with Gasteiger partial charge in [0.05, 0.1) is 12.7 Å². The summed E-state index contributed by atoms with van der Waals surface area (Å²) in [6.07, 6.45) is 2.53. The molecule has 0 saturated heterocycles. The van der Waals surface area contributed by atoms with Crippen LogP contribution in [0.1, 0.15) is 59.6 Å². The van der Waals surface area contributed by atoms with Crippen LogP contribution in [-0.2, 0) is 13.0 Å². The topological polar surface area (TPSA) is 49.2 Å². The second-order valence-electron chi connectivity index (χ2n) is 13.0. The highest BCUT2D eigenvalue weighted by Crippen LogP contribution is 2.44. The van der Waals surface area contributed by atoms with E-state index in [1.54, 1.807) is 12.3 Å². The normalized spacial score (nSPS) is 13.1. The van der Waals surface area contributed by atoms with E-state index in [0.29, 0.717) is 11.4 Å². The number of rotatable bonds is 8. The lowest BCUT2D eigenvalue weighted by Gasteiger charge is -2.39. The van der Waals surface area contributed by atoms with E-state index in [1.165, 1.54) is 10.7 Å². The molecule has 1 heterocycles. The van der Waals surface area contributed by atoms with Crippen LogP contribution in [0.25, 0.3) is 11.3 Å². The van der Waals surface area contributed by atoms with Gasteiger partial charge in [-0.1, -0.05) is 65.8 Å². The van der Waals surface area contributed by atoms with Gasteiger partial charge < -0.3 is 8.85 Å². The van der Waals surface area contributed by atoms with Gasteiger partial charge in [0.2, 0.25) is 8.32 Å². The van der Waals surface area contributed by atoms with Crippen molar-refractivity contribution in [1.82, 2.24) is 15.0 Å². The summed E-state index contributed by atoms with van der Waals surface area (Å²) in [5.74, 6) is -0.179. The zero-order valence-electron chi connectivity index (χ0n) is 24.8. The van der Waals surface area contributed by atoms with Crippen molar-refractivity contribution in [2.75, 3.05) is 0 Å². The minimum Gasteiger partial charge on any atom is -0.543 e. The van der Waals surface area contributed by atoms with E-state index in [-0.39, 0.29) is 22.2 Å². The van der Waals surface area contributed by atoms with Crippen molar-refractivity contribution in [3.8, 4) is 22.8 Å². The van der Waals surface area contributed by atoms with Crippen molar-refractivity contribution in [3.63, 3.8) is 0 Å². The van der Waals surface area contributed by atoms with Crippen LogP contribution in [0.2, 0.25) is 36.3 Å². The minimum absolute atomic E-state index is 0.0132. The van der Waals surface area contributed by atoms with Gasteiger partial charge in [0.1, 0.15) is 17.2 Å². The first-order chi connectivity index (χ1) is 17.4. The van der Waals surface area contributed by atoms with Crippen LogP contribution in [0.5, 0.6) is 11.5 Å². The van der Waals surface area contributed by atoms with Gasteiger partial charge in [0, 0.05) is 17.2 Å². The standard InChI is InChI=1S/C29H43F2N3O2Si2/c1-12-20-16-22(24-19-34(33-32-24)18-21-14-13-15-23(30)27(21)31)26(36-38(10,11)29(5,6)7)17-25(20)35-37(8,9)28(2,3)4/h13-17,19H,12,18H2,1-11H3. The molecule has 0 radical (unpaired) electrons. The molecule has 3 aromatic rings. The summed E-state index contributed by atoms with van der Waals surface area (Å²) in [5.41, 5.74) is 2.72. The van der Waals surface area contributed by atoms with Crippen LogP contribution in [0, 0.1) is 11.6 Å². The number of aryl methyl sites for hydroxylation is 1. The highest BCUT2D eigenvalue weighted by atomic mass is 28.4. The molecule has 9 heteroatoms. The average Bonchev–Trinajstić information content (AvgIpc) is 3.23. The number of aromatic nitrogens is 3. The van der Waals surface area contributed by atoms with Crippen LogP contribution in [-0.4, -0.2) is 31.6 Å². The van der Waals surface area contributed by atoms with Gasteiger partial charge >= 0.3 is 0 Å². The Bertz CT molecular complexity index is 1290. The van der Waals surface area contributed by atoms with Crippen LogP contribution >= 0.6 is 0 Å². The van der Waals surface area contributed by atoms with Crippen molar-refractivity contribution in [2.45, 2.75) is 97.7 Å². The van der Waals surface area contributed by atoms with Gasteiger partial charge in [-0.25, -0.2) is 13.5 Å². The van der Waals surface area contributed by atoms with Crippen molar-refractivity contribution >= 4 is 16.6 Å². The molecule has 38 heavy (non-hydrogen) atoms. The predicted octanol–water partition coefficient (Wildman–Crippen LogP) is 8.60. The van der Waals surface area contributed by atoms with Crippen molar-refractivity contribution in [3.05, 3.63) is 59.3 Å². The van der Waals surface area contributed by atoms with Crippen LogP contribution in [0.3, 0.4) is 0 Å². The largest absolute Gasteiger partial charge is 0.543 e. The number of benzene rings is 2. The lowest BCUT2D eigenvalue weighted by atomic mass is 10.0. The van der Waals surface area contributed by atoms with Gasteiger partial charge in [-0.2, -0.15) is 0 Å². The Kier molecular flexibility index (Phi) is 8.34. The summed E-state index contributed by atoms with van der Waals surface area (Å²) in [5, 5.41) is 8.66. The molecule has 0 bridgehead atoms. The third kappa shape index (κ3) is 6.36. The van der Waals surface area contributed by atoms with Gasteiger partial charge in [0.15, 0.2) is 11.6 Å². The average molecular weight is 560 g/mol. The summed E-state index contributed by atoms with van der Waals surface area (Å²) < 4.78 is 43.2. The van der Waals surface area contributed by atoms with E-state index in [0.717, 1.165) is 29.4 Å². The molecule has 0 unspecified atom stereocenters. The lowest BCUT2D eigenvalue weighted by molar-refractivity contribution is 0.472. The maximum Gasteiger partial charge on any atom is 0.250 e. The van der Waals surface area contributed by atoms with Crippen molar-refractivity contribution in [1.29, 1.82) is 0 Å². The first kappa shape index (κ1) is 30.0. The third-order valence-electron chi connectivity index (χ3n) is 8.06. The molecule has 0 aliphatic heterocycles. The van der Waals surface area contributed by atoms with E-state index in [2.05, 4.69) is 91.0 Å². The molecule has 208 valence electrons. The molecular formula is C29H43F2N3O2Si2. The van der Waals surface area contributed by atoms with E-state index in [1.807, 2.05) is 6.07 Å². The van der Waals surface area contributed by atoms with Crippen LogP contribution in [0.4, 0.5) is 8.78 Å². The minimum atomic E-state index is -2.21. The van der Waals surface area contributed by atoms with E-state index < -0.39 is 28.3 Å². The summed E-state index contributed by atoms with van der Waals surface area (Å²) in [6.45, 7) is 24.4. The molecule has 0 saturated carbocycles. The Labute approximate surface area is 228 Å². The van der Waals surface area contributed by atoms with Crippen molar-refractivity contribution in [2.24, 2.45) is 0 Å². The van der Waals surface area contributed by atoms with Gasteiger partial charge in [0.25, 0.3) is 8.32 Å². The molecule has 2 aromatic carbocycles. The SMILES string of the molecule is CCc1cc(-c2cn(Cc3cccc(F)c3F)nn2)c(O[Si](C)(C)C(C)(C)C)cc1O[Si](C)(C)C(C)(C)C. The van der Waals surface area contributed by atoms with Crippen LogP contribution < -0.4 is 8.85 Å². The fourth-order valence-electron chi connectivity index (χ4n) is 3.46. The molecule has 0 N–H and O–H groups in total. The summed E-state index contributed by atoms with van der Waals surface area (Å²) >= 11 is 0. The maximum atomic E-state index is 14.3.